The second-order valence-corrected chi connectivity index (χ2v) is 6.48. The van der Waals surface area contributed by atoms with Crippen LogP contribution in [0.15, 0.2) is 24.3 Å². The van der Waals surface area contributed by atoms with Crippen molar-refractivity contribution in [1.29, 1.82) is 0 Å². The average molecular weight is 262 g/mol. The summed E-state index contributed by atoms with van der Waals surface area (Å²) >= 11 is 0. The molecule has 0 atom stereocenters. The molecule has 1 rings (SSSR count). The van der Waals surface area contributed by atoms with Crippen LogP contribution in [-0.2, 0) is 0 Å². The van der Waals surface area contributed by atoms with Crippen LogP contribution in [0.2, 0.25) is 0 Å². The number of nitrogens with zero attached hydrogens (tertiary/aromatic N) is 1. The number of hydrogen-bond donors (Lipinski definition) is 1. The number of likely N-dealkylation sites (N-methyl/N-ethyl adjacent to an activating group) is 1. The number of nitrogens with one attached hydrogen (secondary N) is 1. The summed E-state index contributed by atoms with van der Waals surface area (Å²) in [5, 5.41) is 3.55. The van der Waals surface area contributed by atoms with Crippen LogP contribution in [-0.4, -0.2) is 26.2 Å². The molecule has 0 aliphatic heterocycles. The maximum atomic E-state index is 3.55. The molecule has 1 aromatic rings. The van der Waals surface area contributed by atoms with Gasteiger partial charge in [-0.2, -0.15) is 0 Å². The number of rotatable bonds is 7. The molecule has 0 amide bonds. The monoisotopic (exact) mass is 262 g/mol. The van der Waals surface area contributed by atoms with E-state index in [-0.39, 0.29) is 0 Å². The Morgan fingerprint density at radius 3 is 2.21 bits per heavy atom. The van der Waals surface area contributed by atoms with Crippen molar-refractivity contribution in [2.75, 3.05) is 31.1 Å². The molecule has 0 aromatic heterocycles. The molecule has 0 fully saturated rings. The summed E-state index contributed by atoms with van der Waals surface area (Å²) in [5.74, 6) is 0. The molecule has 1 N–H and O–H groups in total. The first kappa shape index (κ1) is 16.0. The van der Waals surface area contributed by atoms with Crippen LogP contribution in [0.1, 0.15) is 39.7 Å². The molecule has 0 aliphatic rings. The van der Waals surface area contributed by atoms with E-state index in [4.69, 9.17) is 0 Å². The van der Waals surface area contributed by atoms with Crippen molar-refractivity contribution in [2.24, 2.45) is 5.41 Å². The third kappa shape index (κ3) is 6.63. The smallest absolute Gasteiger partial charge is 0.0366 e. The number of aryl methyl sites for hydroxylation is 1. The third-order valence-electron chi connectivity index (χ3n) is 3.39. The molecule has 0 saturated carbocycles. The van der Waals surface area contributed by atoms with Crippen LogP contribution in [0.4, 0.5) is 5.69 Å². The van der Waals surface area contributed by atoms with E-state index in [0.717, 1.165) is 26.2 Å². The normalized spacial score (nSPS) is 11.6. The minimum absolute atomic E-state index is 0.425. The molecule has 0 spiro atoms. The molecule has 0 saturated heterocycles. The lowest BCUT2D eigenvalue weighted by Gasteiger charge is -2.24. The summed E-state index contributed by atoms with van der Waals surface area (Å²) in [6, 6.07) is 8.80. The minimum atomic E-state index is 0.425. The maximum absolute atomic E-state index is 3.55. The molecule has 0 aliphatic carbocycles. The van der Waals surface area contributed by atoms with Gasteiger partial charge in [-0.05, 0) is 44.4 Å². The summed E-state index contributed by atoms with van der Waals surface area (Å²) in [6.07, 6.45) is 1.23. The second-order valence-electron chi connectivity index (χ2n) is 6.48. The van der Waals surface area contributed by atoms with Crippen LogP contribution in [0.25, 0.3) is 0 Å². The molecule has 0 radical (unpaired) electrons. The van der Waals surface area contributed by atoms with Gasteiger partial charge in [0.2, 0.25) is 0 Å². The van der Waals surface area contributed by atoms with Crippen molar-refractivity contribution in [3.05, 3.63) is 29.8 Å². The Labute approximate surface area is 119 Å². The van der Waals surface area contributed by atoms with E-state index in [0.29, 0.717) is 5.41 Å². The molecule has 1 aromatic carbocycles. The molecule has 0 unspecified atom stereocenters. The summed E-state index contributed by atoms with van der Waals surface area (Å²) in [7, 11) is 0. The van der Waals surface area contributed by atoms with E-state index in [2.05, 4.69) is 69.1 Å². The highest BCUT2D eigenvalue weighted by Gasteiger charge is 2.09. The third-order valence-corrected chi connectivity index (χ3v) is 3.39. The summed E-state index contributed by atoms with van der Waals surface area (Å²) < 4.78 is 0. The standard InChI is InChI=1S/C17H30N2/c1-6-19(16-9-7-15(2)8-10-16)14-13-18-12-11-17(3,4)5/h7-10,18H,6,11-14H2,1-5H3. The lowest BCUT2D eigenvalue weighted by molar-refractivity contribution is 0.368. The highest BCUT2D eigenvalue weighted by Crippen LogP contribution is 2.17. The zero-order chi connectivity index (χ0) is 14.3. The van der Waals surface area contributed by atoms with Gasteiger partial charge >= 0.3 is 0 Å². The SMILES string of the molecule is CCN(CCNCCC(C)(C)C)c1ccc(C)cc1. The molecule has 0 heterocycles. The Balaban J connectivity index is 2.31. The molecular weight excluding hydrogens is 232 g/mol. The second kappa shape index (κ2) is 7.54. The van der Waals surface area contributed by atoms with Crippen molar-refractivity contribution >= 4 is 5.69 Å². The van der Waals surface area contributed by atoms with Crippen LogP contribution in [0.5, 0.6) is 0 Å². The first-order chi connectivity index (χ1) is 8.92. The fourth-order valence-electron chi connectivity index (χ4n) is 2.03. The predicted molar refractivity (Wildman–Crippen MR) is 86.0 cm³/mol. The van der Waals surface area contributed by atoms with Gasteiger partial charge in [0.1, 0.15) is 0 Å². The van der Waals surface area contributed by atoms with Gasteiger partial charge in [0, 0.05) is 25.3 Å². The van der Waals surface area contributed by atoms with Crippen molar-refractivity contribution in [3.63, 3.8) is 0 Å². The Hall–Kier alpha value is -1.02. The van der Waals surface area contributed by atoms with E-state index in [1.54, 1.807) is 0 Å². The van der Waals surface area contributed by atoms with E-state index in [1.807, 2.05) is 0 Å². The first-order valence-corrected chi connectivity index (χ1v) is 7.45. The molecule has 2 nitrogen and oxygen atoms in total. The van der Waals surface area contributed by atoms with Gasteiger partial charge in [-0.3, -0.25) is 0 Å². The number of benzene rings is 1. The van der Waals surface area contributed by atoms with Gasteiger partial charge in [-0.1, -0.05) is 38.5 Å². The van der Waals surface area contributed by atoms with E-state index < -0.39 is 0 Å². The van der Waals surface area contributed by atoms with Gasteiger partial charge in [0.15, 0.2) is 0 Å². The predicted octanol–water partition coefficient (Wildman–Crippen LogP) is 3.85. The van der Waals surface area contributed by atoms with Crippen LogP contribution < -0.4 is 10.2 Å². The van der Waals surface area contributed by atoms with Gasteiger partial charge in [0.05, 0.1) is 0 Å². The largest absolute Gasteiger partial charge is 0.371 e. The number of anilines is 1. The highest BCUT2D eigenvalue weighted by atomic mass is 15.1. The first-order valence-electron chi connectivity index (χ1n) is 7.45. The summed E-state index contributed by atoms with van der Waals surface area (Å²) in [4.78, 5) is 2.42. The average Bonchev–Trinajstić information content (AvgIpc) is 2.34. The van der Waals surface area contributed by atoms with Crippen molar-refractivity contribution in [3.8, 4) is 0 Å². The van der Waals surface area contributed by atoms with E-state index in [1.165, 1.54) is 17.7 Å². The Bertz CT molecular complexity index is 349. The lowest BCUT2D eigenvalue weighted by Crippen LogP contribution is -2.33. The Morgan fingerprint density at radius 2 is 1.68 bits per heavy atom. The lowest BCUT2D eigenvalue weighted by atomic mass is 9.92. The van der Waals surface area contributed by atoms with Crippen LogP contribution >= 0.6 is 0 Å². The van der Waals surface area contributed by atoms with E-state index >= 15 is 0 Å². The zero-order valence-corrected chi connectivity index (χ0v) is 13.3. The van der Waals surface area contributed by atoms with Crippen LogP contribution in [0, 0.1) is 12.3 Å². The molecule has 0 bridgehead atoms. The molecule has 19 heavy (non-hydrogen) atoms. The molecular formula is C17H30N2. The Kier molecular flexibility index (Phi) is 6.36. The highest BCUT2D eigenvalue weighted by molar-refractivity contribution is 5.47. The fraction of sp³-hybridized carbons (Fsp3) is 0.647. The maximum Gasteiger partial charge on any atom is 0.0366 e. The quantitative estimate of drug-likeness (QED) is 0.751. The molecule has 2 heteroatoms. The topological polar surface area (TPSA) is 15.3 Å². The summed E-state index contributed by atoms with van der Waals surface area (Å²) in [5.41, 5.74) is 3.07. The van der Waals surface area contributed by atoms with Crippen molar-refractivity contribution < 1.29 is 0 Å². The minimum Gasteiger partial charge on any atom is -0.371 e. The van der Waals surface area contributed by atoms with Gasteiger partial charge in [-0.25, -0.2) is 0 Å². The van der Waals surface area contributed by atoms with Crippen LogP contribution in [0.3, 0.4) is 0 Å². The van der Waals surface area contributed by atoms with Gasteiger partial charge < -0.3 is 10.2 Å². The van der Waals surface area contributed by atoms with E-state index in [9.17, 15) is 0 Å². The summed E-state index contributed by atoms with van der Waals surface area (Å²) in [6.45, 7) is 15.5. The molecule has 108 valence electrons. The van der Waals surface area contributed by atoms with Crippen molar-refractivity contribution in [1.82, 2.24) is 5.32 Å². The zero-order valence-electron chi connectivity index (χ0n) is 13.3. The fourth-order valence-corrected chi connectivity index (χ4v) is 2.03. The van der Waals surface area contributed by atoms with Gasteiger partial charge in [0.25, 0.3) is 0 Å². The van der Waals surface area contributed by atoms with Gasteiger partial charge in [-0.15, -0.1) is 0 Å². The number of hydrogen-bond acceptors (Lipinski definition) is 2. The Morgan fingerprint density at radius 1 is 1.05 bits per heavy atom. The van der Waals surface area contributed by atoms with Crippen molar-refractivity contribution in [2.45, 2.75) is 41.0 Å².